The highest BCUT2D eigenvalue weighted by molar-refractivity contribution is 5.99. The zero-order valence-corrected chi connectivity index (χ0v) is 21.5. The lowest BCUT2D eigenvalue weighted by Crippen LogP contribution is -2.37. The first kappa shape index (κ1) is 26.3. The second-order valence-corrected chi connectivity index (χ2v) is 9.32. The minimum Gasteiger partial charge on any atom is -0.497 e. The highest BCUT2D eigenvalue weighted by Crippen LogP contribution is 2.35. The highest BCUT2D eigenvalue weighted by Gasteiger charge is 2.32. The largest absolute Gasteiger partial charge is 0.497 e. The van der Waals surface area contributed by atoms with E-state index in [0.29, 0.717) is 53.7 Å². The number of oxazole rings is 1. The molecule has 0 saturated heterocycles. The monoisotopic (exact) mass is 536 g/mol. The molecule has 5 rings (SSSR count). The summed E-state index contributed by atoms with van der Waals surface area (Å²) in [6.45, 7) is 2.52. The van der Waals surface area contributed by atoms with Crippen molar-refractivity contribution in [2.75, 3.05) is 20.3 Å². The molecule has 6 nitrogen and oxygen atoms in total. The molecule has 0 unspecified atom stereocenters. The molecule has 0 atom stereocenters. The number of carbonyl (C=O) groups excluding carboxylic acids is 1. The Hall–Kier alpha value is -4.27. The molecule has 0 bridgehead atoms. The van der Waals surface area contributed by atoms with Crippen molar-refractivity contribution in [3.8, 4) is 23.0 Å². The predicted octanol–water partition coefficient (Wildman–Crippen LogP) is 6.50. The second-order valence-electron chi connectivity index (χ2n) is 9.32. The van der Waals surface area contributed by atoms with Crippen molar-refractivity contribution in [3.05, 3.63) is 100 Å². The number of alkyl halides is 3. The summed E-state index contributed by atoms with van der Waals surface area (Å²) >= 11 is 0. The Balaban J connectivity index is 1.33. The summed E-state index contributed by atoms with van der Waals surface area (Å²) in [5.41, 5.74) is 2.48. The molecular formula is C30H27F3N2O4. The molecule has 0 aliphatic carbocycles. The van der Waals surface area contributed by atoms with E-state index in [1.807, 2.05) is 37.3 Å². The van der Waals surface area contributed by atoms with Crippen LogP contribution >= 0.6 is 0 Å². The van der Waals surface area contributed by atoms with Crippen molar-refractivity contribution >= 4 is 5.91 Å². The number of aromatic nitrogens is 1. The van der Waals surface area contributed by atoms with E-state index in [1.54, 1.807) is 30.2 Å². The lowest BCUT2D eigenvalue weighted by atomic mass is 9.96. The fraction of sp³-hybridized carbons (Fsp3) is 0.267. The molecule has 3 aromatic carbocycles. The molecule has 0 fully saturated rings. The molecule has 202 valence electrons. The fourth-order valence-corrected chi connectivity index (χ4v) is 4.67. The first-order valence-electron chi connectivity index (χ1n) is 12.5. The number of carbonyl (C=O) groups is 1. The summed E-state index contributed by atoms with van der Waals surface area (Å²) in [5.74, 6) is 1.85. The first-order valence-corrected chi connectivity index (χ1v) is 12.5. The topological polar surface area (TPSA) is 64.8 Å². The van der Waals surface area contributed by atoms with Gasteiger partial charge in [0.1, 0.15) is 17.3 Å². The van der Waals surface area contributed by atoms with Crippen LogP contribution in [0.4, 0.5) is 13.2 Å². The van der Waals surface area contributed by atoms with Crippen molar-refractivity contribution in [1.82, 2.24) is 9.88 Å². The fourth-order valence-electron chi connectivity index (χ4n) is 4.67. The van der Waals surface area contributed by atoms with Crippen LogP contribution in [-0.4, -0.2) is 36.1 Å². The Bertz CT molecular complexity index is 1480. The van der Waals surface area contributed by atoms with E-state index < -0.39 is 11.7 Å². The third-order valence-electron chi connectivity index (χ3n) is 6.68. The molecule has 2 heterocycles. The number of hydrogen-bond donors (Lipinski definition) is 0. The molecule has 1 aromatic heterocycles. The van der Waals surface area contributed by atoms with Gasteiger partial charge in [-0.05, 0) is 54.8 Å². The number of amides is 1. The molecule has 9 heteroatoms. The standard InChI is InChI=1S/C30H27F3N2O4/c1-19-25(34-28(39-19)21-8-4-3-5-9-21)12-14-38-26-17-24(37-2)16-22-11-13-35(29(36)27(22)26)18-20-7-6-10-23(15-20)30(31,32)33/h3-10,15-17H,11-14,18H2,1-2H3. The number of halogens is 3. The zero-order valence-electron chi connectivity index (χ0n) is 21.5. The third kappa shape index (κ3) is 5.77. The van der Waals surface area contributed by atoms with Gasteiger partial charge in [0.2, 0.25) is 5.89 Å². The average Bonchev–Trinajstić information content (AvgIpc) is 3.30. The average molecular weight is 537 g/mol. The van der Waals surface area contributed by atoms with Gasteiger partial charge in [0, 0.05) is 31.1 Å². The van der Waals surface area contributed by atoms with Gasteiger partial charge in [-0.1, -0.05) is 30.3 Å². The quantitative estimate of drug-likeness (QED) is 0.257. The molecule has 0 saturated carbocycles. The van der Waals surface area contributed by atoms with Gasteiger partial charge in [0.15, 0.2) is 0 Å². The summed E-state index contributed by atoms with van der Waals surface area (Å²) < 4.78 is 56.9. The molecule has 1 aliphatic heterocycles. The van der Waals surface area contributed by atoms with Crippen LogP contribution < -0.4 is 9.47 Å². The SMILES string of the molecule is COc1cc2c(c(OCCc3nc(-c4ccccc4)oc3C)c1)C(=O)N(Cc1cccc(C(F)(F)F)c1)CC2. The van der Waals surface area contributed by atoms with E-state index in [1.165, 1.54) is 6.07 Å². The van der Waals surface area contributed by atoms with Crippen molar-refractivity contribution < 1.29 is 31.9 Å². The summed E-state index contributed by atoms with van der Waals surface area (Å²) in [4.78, 5) is 19.7. The van der Waals surface area contributed by atoms with Gasteiger partial charge in [0.25, 0.3) is 5.91 Å². The summed E-state index contributed by atoms with van der Waals surface area (Å²) in [6.07, 6.45) is -3.47. The van der Waals surface area contributed by atoms with Gasteiger partial charge in [-0.25, -0.2) is 4.98 Å². The van der Waals surface area contributed by atoms with Crippen LogP contribution in [0.15, 0.2) is 71.1 Å². The maximum Gasteiger partial charge on any atom is 0.416 e. The number of hydrogen-bond acceptors (Lipinski definition) is 5. The summed E-state index contributed by atoms with van der Waals surface area (Å²) in [5, 5.41) is 0. The lowest BCUT2D eigenvalue weighted by Gasteiger charge is -2.30. The van der Waals surface area contributed by atoms with Crippen LogP contribution in [0, 0.1) is 6.92 Å². The van der Waals surface area contributed by atoms with Gasteiger partial charge in [-0.2, -0.15) is 13.2 Å². The Morgan fingerprint density at radius 3 is 2.59 bits per heavy atom. The Labute approximate surface area is 224 Å². The smallest absolute Gasteiger partial charge is 0.416 e. The Kier molecular flexibility index (Phi) is 7.32. The van der Waals surface area contributed by atoms with Crippen molar-refractivity contribution in [1.29, 1.82) is 0 Å². The number of fused-ring (bicyclic) bond motifs is 1. The van der Waals surface area contributed by atoms with Crippen LogP contribution in [0.1, 0.15) is 38.5 Å². The molecule has 0 spiro atoms. The number of nitrogens with zero attached hydrogens (tertiary/aromatic N) is 2. The minimum atomic E-state index is -4.45. The molecule has 39 heavy (non-hydrogen) atoms. The molecule has 0 N–H and O–H groups in total. The van der Waals surface area contributed by atoms with E-state index in [9.17, 15) is 18.0 Å². The van der Waals surface area contributed by atoms with Crippen LogP contribution in [0.2, 0.25) is 0 Å². The van der Waals surface area contributed by atoms with Gasteiger partial charge >= 0.3 is 6.18 Å². The minimum absolute atomic E-state index is 0.0636. The summed E-state index contributed by atoms with van der Waals surface area (Å²) in [6, 6.07) is 18.1. The Morgan fingerprint density at radius 2 is 1.85 bits per heavy atom. The molecular weight excluding hydrogens is 509 g/mol. The second kappa shape index (κ2) is 10.8. The molecule has 0 radical (unpaired) electrons. The predicted molar refractivity (Wildman–Crippen MR) is 139 cm³/mol. The highest BCUT2D eigenvalue weighted by atomic mass is 19.4. The number of rotatable bonds is 8. The van der Waals surface area contributed by atoms with Gasteiger partial charge < -0.3 is 18.8 Å². The van der Waals surface area contributed by atoms with E-state index in [-0.39, 0.29) is 19.1 Å². The van der Waals surface area contributed by atoms with Crippen molar-refractivity contribution in [2.45, 2.75) is 32.5 Å². The molecule has 4 aromatic rings. The van der Waals surface area contributed by atoms with Crippen molar-refractivity contribution in [2.24, 2.45) is 0 Å². The maximum atomic E-state index is 13.5. The number of ether oxygens (including phenoxy) is 2. The van der Waals surface area contributed by atoms with E-state index in [0.717, 1.165) is 29.0 Å². The number of benzene rings is 3. The first-order chi connectivity index (χ1) is 18.7. The van der Waals surface area contributed by atoms with Crippen LogP contribution in [0.3, 0.4) is 0 Å². The van der Waals surface area contributed by atoms with E-state index in [2.05, 4.69) is 4.98 Å². The third-order valence-corrected chi connectivity index (χ3v) is 6.68. The van der Waals surface area contributed by atoms with Gasteiger partial charge in [-0.15, -0.1) is 0 Å². The van der Waals surface area contributed by atoms with Gasteiger partial charge in [0.05, 0.1) is 30.5 Å². The number of methoxy groups -OCH3 is 1. The van der Waals surface area contributed by atoms with Crippen molar-refractivity contribution in [3.63, 3.8) is 0 Å². The maximum absolute atomic E-state index is 13.5. The van der Waals surface area contributed by atoms with E-state index in [4.69, 9.17) is 13.9 Å². The lowest BCUT2D eigenvalue weighted by molar-refractivity contribution is -0.137. The summed E-state index contributed by atoms with van der Waals surface area (Å²) in [7, 11) is 1.54. The normalized spacial score (nSPS) is 13.4. The molecule has 1 amide bonds. The van der Waals surface area contributed by atoms with Crippen LogP contribution in [0.25, 0.3) is 11.5 Å². The molecule has 1 aliphatic rings. The van der Waals surface area contributed by atoms with Crippen LogP contribution in [0.5, 0.6) is 11.5 Å². The zero-order chi connectivity index (χ0) is 27.6. The Morgan fingerprint density at radius 1 is 1.05 bits per heavy atom. The number of aryl methyl sites for hydroxylation is 1. The van der Waals surface area contributed by atoms with Crippen LogP contribution in [-0.2, 0) is 25.6 Å². The van der Waals surface area contributed by atoms with E-state index >= 15 is 0 Å². The van der Waals surface area contributed by atoms with Gasteiger partial charge in [-0.3, -0.25) is 4.79 Å².